The van der Waals surface area contributed by atoms with Gasteiger partial charge in [0.05, 0.1) is 13.0 Å². The highest BCUT2D eigenvalue weighted by Crippen LogP contribution is 2.41. The van der Waals surface area contributed by atoms with Crippen molar-refractivity contribution < 1.29 is 14.1 Å². The van der Waals surface area contributed by atoms with Gasteiger partial charge in [0.1, 0.15) is 5.54 Å². The minimum atomic E-state index is -0.645. The Morgan fingerprint density at radius 2 is 2.00 bits per heavy atom. The maximum absolute atomic E-state index is 12.2. The van der Waals surface area contributed by atoms with Crippen LogP contribution in [0.3, 0.4) is 0 Å². The topological polar surface area (TPSA) is 88.3 Å². The lowest BCUT2D eigenvalue weighted by Crippen LogP contribution is -2.32. The molecule has 2 aliphatic rings. The number of rotatable bonds is 4. The van der Waals surface area contributed by atoms with Crippen molar-refractivity contribution in [3.05, 3.63) is 47.6 Å². The molecule has 2 heterocycles. The first-order valence-electron chi connectivity index (χ1n) is 7.16. The third-order valence-corrected chi connectivity index (χ3v) is 4.00. The summed E-state index contributed by atoms with van der Waals surface area (Å²) >= 11 is 0. The molecule has 1 spiro atoms. The van der Waals surface area contributed by atoms with Crippen LogP contribution in [0, 0.1) is 0 Å². The van der Waals surface area contributed by atoms with Crippen molar-refractivity contribution in [2.45, 2.75) is 31.3 Å². The van der Waals surface area contributed by atoms with E-state index < -0.39 is 5.54 Å². The number of carbonyl (C=O) groups is 2. The molecule has 1 saturated heterocycles. The number of aromatic nitrogens is 2. The number of nitrogens with one attached hydrogen (secondary N) is 1. The molecule has 0 radical (unpaired) electrons. The van der Waals surface area contributed by atoms with Gasteiger partial charge in [0, 0.05) is 0 Å². The second-order valence-corrected chi connectivity index (χ2v) is 5.67. The summed E-state index contributed by atoms with van der Waals surface area (Å²) in [6.07, 6.45) is 1.94. The first-order valence-corrected chi connectivity index (χ1v) is 7.16. The number of carbonyl (C=O) groups excluding carboxylic acids is 2. The Hall–Kier alpha value is -2.70. The summed E-state index contributed by atoms with van der Waals surface area (Å²) in [6.45, 7) is 0.0463. The lowest BCUT2D eigenvalue weighted by atomic mass is 10.1. The van der Waals surface area contributed by atoms with Crippen molar-refractivity contribution in [2.24, 2.45) is 0 Å². The molecule has 2 aromatic rings. The molecule has 0 bridgehead atoms. The molecule has 112 valence electrons. The molecule has 4 rings (SSSR count). The van der Waals surface area contributed by atoms with Crippen LogP contribution in [-0.2, 0) is 17.8 Å². The summed E-state index contributed by atoms with van der Waals surface area (Å²) in [7, 11) is 0. The SMILES string of the molecule is O=C1NC2(CC2)C(=O)N1Cc1noc(Cc2ccccc2)n1. The number of hydrogen-bond donors (Lipinski definition) is 1. The Morgan fingerprint density at radius 1 is 1.23 bits per heavy atom. The van der Waals surface area contributed by atoms with Crippen LogP contribution in [0.5, 0.6) is 0 Å². The summed E-state index contributed by atoms with van der Waals surface area (Å²) in [6, 6.07) is 9.38. The van der Waals surface area contributed by atoms with Gasteiger partial charge in [0.2, 0.25) is 5.89 Å². The van der Waals surface area contributed by atoms with E-state index in [2.05, 4.69) is 15.5 Å². The van der Waals surface area contributed by atoms with Gasteiger partial charge in [-0.2, -0.15) is 4.98 Å². The Morgan fingerprint density at radius 3 is 2.68 bits per heavy atom. The zero-order valence-electron chi connectivity index (χ0n) is 11.8. The minimum Gasteiger partial charge on any atom is -0.339 e. The van der Waals surface area contributed by atoms with E-state index in [0.29, 0.717) is 31.0 Å². The van der Waals surface area contributed by atoms with Crippen LogP contribution < -0.4 is 5.32 Å². The van der Waals surface area contributed by atoms with Crippen molar-refractivity contribution in [3.8, 4) is 0 Å². The highest BCUT2D eigenvalue weighted by Gasteiger charge is 2.59. The fourth-order valence-electron chi connectivity index (χ4n) is 2.62. The lowest BCUT2D eigenvalue weighted by molar-refractivity contribution is -0.128. The molecule has 3 amide bonds. The third-order valence-electron chi connectivity index (χ3n) is 4.00. The number of amides is 3. The quantitative estimate of drug-likeness (QED) is 0.858. The highest BCUT2D eigenvalue weighted by molar-refractivity contribution is 6.08. The second-order valence-electron chi connectivity index (χ2n) is 5.67. The van der Waals surface area contributed by atoms with Gasteiger partial charge < -0.3 is 9.84 Å². The van der Waals surface area contributed by atoms with Crippen LogP contribution in [-0.4, -0.2) is 32.5 Å². The van der Waals surface area contributed by atoms with Gasteiger partial charge in [-0.15, -0.1) is 0 Å². The van der Waals surface area contributed by atoms with Gasteiger partial charge in [-0.3, -0.25) is 9.69 Å². The summed E-state index contributed by atoms with van der Waals surface area (Å²) in [5.74, 6) is 0.619. The molecule has 7 nitrogen and oxygen atoms in total. The van der Waals surface area contributed by atoms with E-state index in [1.54, 1.807) is 0 Å². The molecule has 1 N–H and O–H groups in total. The van der Waals surface area contributed by atoms with Gasteiger partial charge >= 0.3 is 6.03 Å². The van der Waals surface area contributed by atoms with E-state index in [-0.39, 0.29) is 18.5 Å². The third kappa shape index (κ3) is 2.14. The number of imide groups is 1. The van der Waals surface area contributed by atoms with Crippen molar-refractivity contribution >= 4 is 11.9 Å². The normalized spacial score (nSPS) is 18.8. The smallest absolute Gasteiger partial charge is 0.325 e. The van der Waals surface area contributed by atoms with Crippen LogP contribution in [0.1, 0.15) is 30.1 Å². The summed E-state index contributed by atoms with van der Waals surface area (Å²) in [5, 5.41) is 6.58. The molecular weight excluding hydrogens is 284 g/mol. The Balaban J connectivity index is 1.46. The average Bonchev–Trinajstić information content (AvgIpc) is 3.10. The summed E-state index contributed by atoms with van der Waals surface area (Å²) in [4.78, 5) is 29.4. The fraction of sp³-hybridized carbons (Fsp3) is 0.333. The molecule has 1 aliphatic carbocycles. The van der Waals surface area contributed by atoms with Crippen LogP contribution in [0.2, 0.25) is 0 Å². The monoisotopic (exact) mass is 298 g/mol. The van der Waals surface area contributed by atoms with Crippen molar-refractivity contribution in [1.29, 1.82) is 0 Å². The standard InChI is InChI=1S/C15H14N4O3/c20-13-15(6-7-15)17-14(21)19(13)9-11-16-12(22-18-11)8-10-4-2-1-3-5-10/h1-5H,6-9H2,(H,17,21). The first-order chi connectivity index (χ1) is 10.7. The molecule has 0 atom stereocenters. The van der Waals surface area contributed by atoms with Crippen LogP contribution in [0.25, 0.3) is 0 Å². The van der Waals surface area contributed by atoms with E-state index in [1.165, 1.54) is 0 Å². The predicted octanol–water partition coefficient (Wildman–Crippen LogP) is 1.24. The Kier molecular flexibility index (Phi) is 2.75. The Bertz CT molecular complexity index is 736. The molecule has 2 fully saturated rings. The van der Waals surface area contributed by atoms with Crippen molar-refractivity contribution in [2.75, 3.05) is 0 Å². The molecular formula is C15H14N4O3. The van der Waals surface area contributed by atoms with E-state index in [1.807, 2.05) is 30.3 Å². The maximum Gasteiger partial charge on any atom is 0.325 e. The van der Waals surface area contributed by atoms with Gasteiger partial charge in [-0.05, 0) is 18.4 Å². The first kappa shape index (κ1) is 13.0. The number of hydrogen-bond acceptors (Lipinski definition) is 5. The van der Waals surface area contributed by atoms with E-state index in [9.17, 15) is 9.59 Å². The number of urea groups is 1. The fourth-order valence-corrected chi connectivity index (χ4v) is 2.62. The molecule has 1 aromatic carbocycles. The predicted molar refractivity (Wildman–Crippen MR) is 74.6 cm³/mol. The molecule has 1 aliphatic heterocycles. The average molecular weight is 298 g/mol. The molecule has 1 saturated carbocycles. The van der Waals surface area contributed by atoms with Crippen LogP contribution in [0.15, 0.2) is 34.9 Å². The van der Waals surface area contributed by atoms with Gasteiger partial charge in [-0.1, -0.05) is 35.5 Å². The second kappa shape index (κ2) is 4.66. The van der Waals surface area contributed by atoms with E-state index >= 15 is 0 Å². The van der Waals surface area contributed by atoms with Gasteiger partial charge in [0.25, 0.3) is 5.91 Å². The maximum atomic E-state index is 12.2. The van der Waals surface area contributed by atoms with Crippen LogP contribution in [0.4, 0.5) is 4.79 Å². The number of nitrogens with zero attached hydrogens (tertiary/aromatic N) is 3. The van der Waals surface area contributed by atoms with Crippen molar-refractivity contribution in [3.63, 3.8) is 0 Å². The Labute approximate surface area is 126 Å². The zero-order valence-corrected chi connectivity index (χ0v) is 11.8. The van der Waals surface area contributed by atoms with Crippen LogP contribution >= 0.6 is 0 Å². The highest BCUT2D eigenvalue weighted by atomic mass is 16.5. The molecule has 7 heteroatoms. The van der Waals surface area contributed by atoms with Gasteiger partial charge in [0.15, 0.2) is 5.82 Å². The summed E-state index contributed by atoms with van der Waals surface area (Å²) in [5.41, 5.74) is 0.415. The molecule has 0 unspecified atom stereocenters. The summed E-state index contributed by atoms with van der Waals surface area (Å²) < 4.78 is 5.19. The number of benzene rings is 1. The van der Waals surface area contributed by atoms with Crippen molar-refractivity contribution in [1.82, 2.24) is 20.4 Å². The largest absolute Gasteiger partial charge is 0.339 e. The molecule has 1 aromatic heterocycles. The minimum absolute atomic E-state index is 0.0463. The van der Waals surface area contributed by atoms with Gasteiger partial charge in [-0.25, -0.2) is 4.79 Å². The lowest BCUT2D eigenvalue weighted by Gasteiger charge is -2.09. The molecule has 22 heavy (non-hydrogen) atoms. The zero-order chi connectivity index (χ0) is 15.2. The van der Waals surface area contributed by atoms with E-state index in [0.717, 1.165) is 10.5 Å². The van der Waals surface area contributed by atoms with E-state index in [4.69, 9.17) is 4.52 Å².